The van der Waals surface area contributed by atoms with Crippen molar-refractivity contribution in [3.63, 3.8) is 0 Å². The summed E-state index contributed by atoms with van der Waals surface area (Å²) < 4.78 is 1.26. The molecular weight excluding hydrogens is 553 g/mol. The minimum Gasteiger partial charge on any atom is -0.200 e. The lowest BCUT2D eigenvalue weighted by atomic mass is 10.2. The molecular formula is C34H26ClNPS2+. The molecule has 0 aliphatic carbocycles. The first kappa shape index (κ1) is 26.0. The highest BCUT2D eigenvalue weighted by Crippen LogP contribution is 2.57. The van der Waals surface area contributed by atoms with Crippen LogP contribution in [0.3, 0.4) is 0 Å². The van der Waals surface area contributed by atoms with Gasteiger partial charge in [-0.25, -0.2) is 0 Å². The van der Waals surface area contributed by atoms with E-state index in [9.17, 15) is 0 Å². The fourth-order valence-corrected chi connectivity index (χ4v) is 12.2. The minimum absolute atomic E-state index is 0.730. The van der Waals surface area contributed by atoms with E-state index in [1.54, 1.807) is 11.3 Å². The zero-order chi connectivity index (χ0) is 26.5. The fourth-order valence-electron chi connectivity index (χ4n) is 4.81. The second-order valence-corrected chi connectivity index (χ2v) is 15.1. The molecule has 1 aromatic heterocycles. The van der Waals surface area contributed by atoms with Crippen LogP contribution in [0.4, 0.5) is 0 Å². The maximum atomic E-state index is 6.25. The molecule has 0 N–H and O–H groups in total. The van der Waals surface area contributed by atoms with Gasteiger partial charge in [0, 0.05) is 16.3 Å². The minimum atomic E-state index is -2.32. The number of aromatic nitrogens is 1. The molecule has 6 rings (SSSR count). The predicted molar refractivity (Wildman–Crippen MR) is 173 cm³/mol. The molecule has 0 fully saturated rings. The van der Waals surface area contributed by atoms with Crippen LogP contribution in [0, 0.1) is 0 Å². The molecule has 0 saturated heterocycles. The molecule has 5 aromatic carbocycles. The molecule has 1 heterocycles. The summed E-state index contributed by atoms with van der Waals surface area (Å²) >= 11 is 9.92. The quantitative estimate of drug-likeness (QED) is 0.133. The average Bonchev–Trinajstić information content (AvgIpc) is 3.43. The molecule has 39 heavy (non-hydrogen) atoms. The van der Waals surface area contributed by atoms with Crippen LogP contribution in [-0.2, 0) is 5.75 Å². The first-order valence-electron chi connectivity index (χ1n) is 12.7. The number of benzene rings is 5. The Kier molecular flexibility index (Phi) is 7.95. The van der Waals surface area contributed by atoms with Crippen molar-refractivity contribution >= 4 is 63.3 Å². The van der Waals surface area contributed by atoms with Crippen LogP contribution in [-0.4, -0.2) is 4.98 Å². The van der Waals surface area contributed by atoms with Gasteiger partial charge >= 0.3 is 0 Å². The van der Waals surface area contributed by atoms with E-state index < -0.39 is 7.26 Å². The van der Waals surface area contributed by atoms with Gasteiger partial charge in [-0.15, -0.1) is 23.1 Å². The molecule has 0 atom stereocenters. The van der Waals surface area contributed by atoms with Crippen molar-refractivity contribution in [1.82, 2.24) is 4.98 Å². The van der Waals surface area contributed by atoms with E-state index in [-0.39, 0.29) is 0 Å². The number of halogens is 1. The van der Waals surface area contributed by atoms with Crippen LogP contribution in [0.1, 0.15) is 5.56 Å². The third kappa shape index (κ3) is 5.33. The predicted octanol–water partition coefficient (Wildman–Crippen LogP) is 8.38. The van der Waals surface area contributed by atoms with Gasteiger partial charge in [0.15, 0.2) is 7.26 Å². The normalized spacial score (nSPS) is 11.4. The van der Waals surface area contributed by atoms with Crippen LogP contribution in [0.15, 0.2) is 150 Å². The van der Waals surface area contributed by atoms with Gasteiger partial charge < -0.3 is 0 Å². The van der Waals surface area contributed by atoms with Gasteiger partial charge in [0.2, 0.25) is 5.44 Å². The van der Waals surface area contributed by atoms with Gasteiger partial charge in [-0.2, -0.15) is 4.98 Å². The topological polar surface area (TPSA) is 12.9 Å². The summed E-state index contributed by atoms with van der Waals surface area (Å²) in [5.74, 6) is 0.883. The third-order valence-corrected chi connectivity index (χ3v) is 13.8. The Hall–Kier alpha value is -3.20. The zero-order valence-electron chi connectivity index (χ0n) is 21.2. The largest absolute Gasteiger partial charge is 0.223 e. The highest BCUT2D eigenvalue weighted by molar-refractivity contribution is 8.05. The number of rotatable bonds is 8. The lowest BCUT2D eigenvalue weighted by Crippen LogP contribution is -2.39. The number of hydrogen-bond acceptors (Lipinski definition) is 3. The SMILES string of the molecule is Clc1ccc(-c2nc([P+](c3ccccc3)(c3ccccc3)c3ccccc3)c(SCc3ccccc3)s2)cc1. The number of thioether (sulfide) groups is 1. The lowest BCUT2D eigenvalue weighted by molar-refractivity contribution is 1.40. The Morgan fingerprint density at radius 2 is 1.05 bits per heavy atom. The van der Waals surface area contributed by atoms with Crippen molar-refractivity contribution in [2.45, 2.75) is 9.96 Å². The van der Waals surface area contributed by atoms with Crippen molar-refractivity contribution in [3.05, 3.63) is 156 Å². The summed E-state index contributed by atoms with van der Waals surface area (Å²) in [5.41, 5.74) is 3.56. The van der Waals surface area contributed by atoms with Gasteiger partial charge in [0.05, 0.1) is 0 Å². The molecule has 6 aromatic rings. The monoisotopic (exact) mass is 578 g/mol. The Bertz CT molecular complexity index is 1540. The van der Waals surface area contributed by atoms with E-state index in [0.29, 0.717) is 0 Å². The third-order valence-electron chi connectivity index (χ3n) is 6.63. The molecule has 0 saturated carbocycles. The van der Waals surface area contributed by atoms with E-state index in [2.05, 4.69) is 133 Å². The Labute approximate surface area is 243 Å². The summed E-state index contributed by atoms with van der Waals surface area (Å²) in [4.78, 5) is 5.53. The van der Waals surface area contributed by atoms with Crippen LogP contribution < -0.4 is 21.3 Å². The summed E-state index contributed by atoms with van der Waals surface area (Å²) in [6.07, 6.45) is 0. The molecule has 0 bridgehead atoms. The van der Waals surface area contributed by atoms with Crippen molar-refractivity contribution in [2.24, 2.45) is 0 Å². The summed E-state index contributed by atoms with van der Waals surface area (Å²) in [6.45, 7) is 0. The maximum Gasteiger partial charge on any atom is 0.223 e. The summed E-state index contributed by atoms with van der Waals surface area (Å²) in [5, 5.41) is 5.66. The second-order valence-electron chi connectivity index (χ2n) is 9.09. The second kappa shape index (κ2) is 11.9. The highest BCUT2D eigenvalue weighted by Gasteiger charge is 2.52. The van der Waals surface area contributed by atoms with Gasteiger partial charge in [0.25, 0.3) is 0 Å². The molecule has 0 aliphatic heterocycles. The van der Waals surface area contributed by atoms with Crippen molar-refractivity contribution in [2.75, 3.05) is 0 Å². The van der Waals surface area contributed by atoms with Gasteiger partial charge in [-0.1, -0.05) is 109 Å². The Morgan fingerprint density at radius 1 is 0.590 bits per heavy atom. The molecule has 5 heteroatoms. The van der Waals surface area contributed by atoms with E-state index in [4.69, 9.17) is 16.6 Å². The molecule has 0 aliphatic rings. The molecule has 190 valence electrons. The first-order valence-corrected chi connectivity index (χ1v) is 16.7. The van der Waals surface area contributed by atoms with Crippen molar-refractivity contribution in [1.29, 1.82) is 0 Å². The van der Waals surface area contributed by atoms with E-state index in [1.807, 2.05) is 23.9 Å². The Morgan fingerprint density at radius 3 is 1.54 bits per heavy atom. The van der Waals surface area contributed by atoms with Crippen LogP contribution in [0.25, 0.3) is 10.6 Å². The summed E-state index contributed by atoms with van der Waals surface area (Å²) in [6, 6.07) is 51.6. The molecule has 0 unspecified atom stereocenters. The lowest BCUT2D eigenvalue weighted by Gasteiger charge is -2.26. The van der Waals surface area contributed by atoms with Crippen molar-refractivity contribution in [3.8, 4) is 10.6 Å². The fraction of sp³-hybridized carbons (Fsp3) is 0.0294. The molecule has 0 amide bonds. The van der Waals surface area contributed by atoms with Gasteiger partial charge in [-0.3, -0.25) is 0 Å². The van der Waals surface area contributed by atoms with Crippen LogP contribution >= 0.6 is 42.0 Å². The Balaban J connectivity index is 1.63. The van der Waals surface area contributed by atoms with Crippen LogP contribution in [0.5, 0.6) is 0 Å². The number of hydrogen-bond donors (Lipinski definition) is 0. The van der Waals surface area contributed by atoms with Gasteiger partial charge in [0.1, 0.15) is 25.1 Å². The van der Waals surface area contributed by atoms with E-state index in [0.717, 1.165) is 21.3 Å². The molecule has 0 spiro atoms. The maximum absolute atomic E-state index is 6.25. The smallest absolute Gasteiger partial charge is 0.200 e. The van der Waals surface area contributed by atoms with Crippen LogP contribution in [0.2, 0.25) is 5.02 Å². The molecule has 1 nitrogen and oxygen atoms in total. The summed E-state index contributed by atoms with van der Waals surface area (Å²) in [7, 11) is -2.32. The highest BCUT2D eigenvalue weighted by atomic mass is 35.5. The zero-order valence-corrected chi connectivity index (χ0v) is 24.4. The number of thiazole rings is 1. The molecule has 0 radical (unpaired) electrons. The first-order chi connectivity index (χ1) is 19.2. The standard InChI is InChI=1S/C34H26ClNPS2/c35-28-23-21-27(22-24-28)33-36-32(34(39-33)38-25-26-13-5-1-6-14-26)37(29-15-7-2-8-16-29,30-17-9-3-10-18-30)31-19-11-4-12-20-31/h1-24H,25H2/q+1. The van der Waals surface area contributed by atoms with Gasteiger partial charge in [-0.05, 0) is 54.1 Å². The van der Waals surface area contributed by atoms with Crippen molar-refractivity contribution < 1.29 is 0 Å². The van der Waals surface area contributed by atoms with E-state index >= 15 is 0 Å². The average molecular weight is 579 g/mol. The van der Waals surface area contributed by atoms with E-state index in [1.165, 1.54) is 31.1 Å². The number of nitrogens with zero attached hydrogens (tertiary/aromatic N) is 1.